The molecule has 1 aliphatic carbocycles. The first-order valence-electron chi connectivity index (χ1n) is 9.04. The molecule has 5 heteroatoms. The topological polar surface area (TPSA) is 70.6 Å². The van der Waals surface area contributed by atoms with Crippen molar-refractivity contribution in [2.75, 3.05) is 19.7 Å². The Morgan fingerprint density at radius 2 is 1.87 bits per heavy atom. The molecule has 1 fully saturated rings. The predicted molar refractivity (Wildman–Crippen MR) is 93.4 cm³/mol. The van der Waals surface area contributed by atoms with E-state index in [-0.39, 0.29) is 12.7 Å². The van der Waals surface area contributed by atoms with Crippen molar-refractivity contribution in [1.82, 2.24) is 10.6 Å². The van der Waals surface area contributed by atoms with E-state index in [0.717, 1.165) is 19.4 Å². The molecule has 0 saturated heterocycles. The van der Waals surface area contributed by atoms with Crippen molar-refractivity contribution >= 4 is 6.09 Å². The lowest BCUT2D eigenvalue weighted by Crippen LogP contribution is -2.45. The number of hydrogen-bond acceptors (Lipinski definition) is 4. The van der Waals surface area contributed by atoms with Crippen molar-refractivity contribution in [1.29, 1.82) is 0 Å². The Hall–Kier alpha value is -0.810. The summed E-state index contributed by atoms with van der Waals surface area (Å²) in [5, 5.41) is 16.0. The van der Waals surface area contributed by atoms with Gasteiger partial charge in [-0.2, -0.15) is 0 Å². The summed E-state index contributed by atoms with van der Waals surface area (Å²) in [6.07, 6.45) is 4.34. The van der Waals surface area contributed by atoms with Crippen molar-refractivity contribution in [2.45, 2.75) is 71.9 Å². The SMILES string of the molecule is CC(C)C(CNC(=O)OC(C)(C)C)CNC1CCCCC1CO. The van der Waals surface area contributed by atoms with Crippen LogP contribution in [0.4, 0.5) is 4.79 Å². The molecular weight excluding hydrogens is 292 g/mol. The first-order valence-corrected chi connectivity index (χ1v) is 9.04. The minimum Gasteiger partial charge on any atom is -0.444 e. The number of carbonyl (C=O) groups is 1. The van der Waals surface area contributed by atoms with E-state index in [4.69, 9.17) is 4.74 Å². The molecule has 0 aromatic carbocycles. The van der Waals surface area contributed by atoms with Gasteiger partial charge in [0.25, 0.3) is 0 Å². The zero-order valence-corrected chi connectivity index (χ0v) is 15.5. The number of aliphatic hydroxyl groups is 1. The van der Waals surface area contributed by atoms with Crippen LogP contribution in [0.5, 0.6) is 0 Å². The van der Waals surface area contributed by atoms with Crippen LogP contribution in [0.25, 0.3) is 0 Å². The Morgan fingerprint density at radius 1 is 1.22 bits per heavy atom. The number of rotatable bonds is 7. The zero-order chi connectivity index (χ0) is 17.5. The lowest BCUT2D eigenvalue weighted by Gasteiger charge is -2.33. The number of carbonyl (C=O) groups excluding carboxylic acids is 1. The lowest BCUT2D eigenvalue weighted by molar-refractivity contribution is 0.0513. The Morgan fingerprint density at radius 3 is 2.43 bits per heavy atom. The van der Waals surface area contributed by atoms with Gasteiger partial charge in [-0.1, -0.05) is 26.7 Å². The molecule has 3 atom stereocenters. The third-order valence-corrected chi connectivity index (χ3v) is 4.64. The Balaban J connectivity index is 2.41. The van der Waals surface area contributed by atoms with Gasteiger partial charge in [0.2, 0.25) is 0 Å². The van der Waals surface area contributed by atoms with Gasteiger partial charge in [0.15, 0.2) is 0 Å². The molecule has 136 valence electrons. The molecule has 0 spiro atoms. The van der Waals surface area contributed by atoms with Crippen molar-refractivity contribution in [3.05, 3.63) is 0 Å². The molecule has 0 aromatic rings. The van der Waals surface area contributed by atoms with Crippen LogP contribution in [0.3, 0.4) is 0 Å². The molecule has 1 saturated carbocycles. The minimum absolute atomic E-state index is 0.264. The maximum Gasteiger partial charge on any atom is 0.407 e. The fraction of sp³-hybridized carbons (Fsp3) is 0.944. The Labute approximate surface area is 141 Å². The average Bonchev–Trinajstić information content (AvgIpc) is 2.45. The number of aliphatic hydroxyl groups excluding tert-OH is 1. The van der Waals surface area contributed by atoms with Gasteiger partial charge >= 0.3 is 6.09 Å². The van der Waals surface area contributed by atoms with Crippen LogP contribution >= 0.6 is 0 Å². The normalized spacial score (nSPS) is 23.6. The summed E-state index contributed by atoms with van der Waals surface area (Å²) in [5.74, 6) is 1.19. The molecule has 0 aliphatic heterocycles. The van der Waals surface area contributed by atoms with Crippen LogP contribution in [0.15, 0.2) is 0 Å². The third-order valence-electron chi connectivity index (χ3n) is 4.64. The van der Waals surface area contributed by atoms with Gasteiger partial charge in [-0.25, -0.2) is 4.79 Å². The summed E-state index contributed by atoms with van der Waals surface area (Å²) in [6.45, 7) is 11.7. The molecule has 3 N–H and O–H groups in total. The van der Waals surface area contributed by atoms with Gasteiger partial charge < -0.3 is 20.5 Å². The van der Waals surface area contributed by atoms with Crippen LogP contribution in [-0.2, 0) is 4.74 Å². The van der Waals surface area contributed by atoms with Crippen molar-refractivity contribution in [2.24, 2.45) is 17.8 Å². The van der Waals surface area contributed by atoms with Gasteiger partial charge in [-0.15, -0.1) is 0 Å². The van der Waals surface area contributed by atoms with Gasteiger partial charge in [0.05, 0.1) is 0 Å². The maximum absolute atomic E-state index is 11.8. The monoisotopic (exact) mass is 328 g/mol. The zero-order valence-electron chi connectivity index (χ0n) is 15.5. The Kier molecular flexibility index (Phi) is 8.34. The molecule has 1 amide bonds. The standard InChI is InChI=1S/C18H36N2O3/c1-13(2)15(11-20-17(22)23-18(3,4)5)10-19-16-9-7-6-8-14(16)12-21/h13-16,19,21H,6-12H2,1-5H3,(H,20,22). The largest absolute Gasteiger partial charge is 0.444 e. The second kappa shape index (κ2) is 9.48. The molecule has 0 bridgehead atoms. The number of nitrogens with one attached hydrogen (secondary N) is 2. The second-order valence-corrected chi connectivity index (χ2v) is 8.13. The molecule has 5 nitrogen and oxygen atoms in total. The fourth-order valence-corrected chi connectivity index (χ4v) is 3.07. The molecule has 0 radical (unpaired) electrons. The molecule has 3 unspecified atom stereocenters. The van der Waals surface area contributed by atoms with E-state index in [2.05, 4.69) is 24.5 Å². The van der Waals surface area contributed by atoms with E-state index < -0.39 is 5.60 Å². The highest BCUT2D eigenvalue weighted by Gasteiger charge is 2.26. The fourth-order valence-electron chi connectivity index (χ4n) is 3.07. The van der Waals surface area contributed by atoms with E-state index in [1.807, 2.05) is 20.8 Å². The van der Waals surface area contributed by atoms with Crippen LogP contribution < -0.4 is 10.6 Å². The van der Waals surface area contributed by atoms with E-state index in [9.17, 15) is 9.90 Å². The second-order valence-electron chi connectivity index (χ2n) is 8.13. The van der Waals surface area contributed by atoms with Gasteiger partial charge in [0, 0.05) is 25.7 Å². The minimum atomic E-state index is -0.466. The summed E-state index contributed by atoms with van der Waals surface area (Å²) in [4.78, 5) is 11.8. The summed E-state index contributed by atoms with van der Waals surface area (Å²) in [7, 11) is 0. The van der Waals surface area contributed by atoms with E-state index in [0.29, 0.717) is 30.3 Å². The smallest absolute Gasteiger partial charge is 0.407 e. The summed E-state index contributed by atoms with van der Waals surface area (Å²) in [5.41, 5.74) is -0.466. The first-order chi connectivity index (χ1) is 10.7. The van der Waals surface area contributed by atoms with Crippen molar-refractivity contribution < 1.29 is 14.6 Å². The Bertz CT molecular complexity index is 353. The number of amides is 1. The van der Waals surface area contributed by atoms with E-state index in [1.54, 1.807) is 0 Å². The quantitative estimate of drug-likeness (QED) is 0.672. The van der Waals surface area contributed by atoms with E-state index >= 15 is 0 Å². The third kappa shape index (κ3) is 8.02. The van der Waals surface area contributed by atoms with Crippen molar-refractivity contribution in [3.8, 4) is 0 Å². The molecule has 1 aliphatic rings. The van der Waals surface area contributed by atoms with E-state index in [1.165, 1.54) is 12.8 Å². The molecule has 0 heterocycles. The summed E-state index contributed by atoms with van der Waals surface area (Å²) < 4.78 is 5.29. The van der Waals surface area contributed by atoms with Crippen LogP contribution in [0, 0.1) is 17.8 Å². The summed E-state index contributed by atoms with van der Waals surface area (Å²) in [6, 6.07) is 0.400. The highest BCUT2D eigenvalue weighted by atomic mass is 16.6. The van der Waals surface area contributed by atoms with Gasteiger partial charge in [0.1, 0.15) is 5.60 Å². The molecular formula is C18H36N2O3. The highest BCUT2D eigenvalue weighted by Crippen LogP contribution is 2.24. The molecule has 0 aromatic heterocycles. The van der Waals surface area contributed by atoms with Gasteiger partial charge in [-0.05, 0) is 51.4 Å². The summed E-state index contributed by atoms with van der Waals surface area (Å²) >= 11 is 0. The number of alkyl carbamates (subject to hydrolysis) is 1. The molecule has 1 rings (SSSR count). The first kappa shape index (κ1) is 20.2. The number of hydrogen-bond donors (Lipinski definition) is 3. The van der Waals surface area contributed by atoms with Crippen LogP contribution in [-0.4, -0.2) is 42.5 Å². The highest BCUT2D eigenvalue weighted by molar-refractivity contribution is 5.67. The maximum atomic E-state index is 11.8. The van der Waals surface area contributed by atoms with Gasteiger partial charge in [-0.3, -0.25) is 0 Å². The van der Waals surface area contributed by atoms with Crippen LogP contribution in [0.1, 0.15) is 60.3 Å². The predicted octanol–water partition coefficient (Wildman–Crippen LogP) is 2.92. The average molecular weight is 328 g/mol. The number of ether oxygens (including phenoxy) is 1. The van der Waals surface area contributed by atoms with Crippen LogP contribution in [0.2, 0.25) is 0 Å². The lowest BCUT2D eigenvalue weighted by atomic mass is 9.84. The van der Waals surface area contributed by atoms with Crippen molar-refractivity contribution in [3.63, 3.8) is 0 Å². The molecule has 23 heavy (non-hydrogen) atoms.